The fourth-order valence-electron chi connectivity index (χ4n) is 2.62. The summed E-state index contributed by atoms with van der Waals surface area (Å²) in [6.45, 7) is 2.51. The lowest BCUT2D eigenvalue weighted by molar-refractivity contribution is -0.274. The highest BCUT2D eigenvalue weighted by molar-refractivity contribution is 5.94. The SMILES string of the molecule is Cc1nocc1C(=O)N1CCOC(c2cccc(OC(F)(F)F)c2)C1. The van der Waals surface area contributed by atoms with Crippen LogP contribution in [0.4, 0.5) is 13.2 Å². The highest BCUT2D eigenvalue weighted by Crippen LogP contribution is 2.29. The van der Waals surface area contributed by atoms with E-state index in [-0.39, 0.29) is 24.8 Å². The lowest BCUT2D eigenvalue weighted by atomic mass is 10.1. The Balaban J connectivity index is 1.74. The third-order valence-electron chi connectivity index (χ3n) is 3.80. The van der Waals surface area contributed by atoms with Crippen LogP contribution in [0.2, 0.25) is 0 Å². The molecule has 1 aliphatic rings. The molecule has 1 aromatic heterocycles. The largest absolute Gasteiger partial charge is 0.573 e. The van der Waals surface area contributed by atoms with Crippen LogP contribution in [-0.2, 0) is 4.74 Å². The van der Waals surface area contributed by atoms with Crippen LogP contribution in [0, 0.1) is 6.92 Å². The smallest absolute Gasteiger partial charge is 0.406 e. The van der Waals surface area contributed by atoms with Gasteiger partial charge >= 0.3 is 6.36 Å². The number of aryl methyl sites for hydroxylation is 1. The van der Waals surface area contributed by atoms with Crippen LogP contribution < -0.4 is 4.74 Å². The van der Waals surface area contributed by atoms with Gasteiger partial charge in [-0.15, -0.1) is 13.2 Å². The van der Waals surface area contributed by atoms with Crippen LogP contribution in [0.1, 0.15) is 27.7 Å². The van der Waals surface area contributed by atoms with Crippen LogP contribution in [-0.4, -0.2) is 42.0 Å². The minimum atomic E-state index is -4.76. The molecule has 1 amide bonds. The van der Waals surface area contributed by atoms with E-state index in [1.807, 2.05) is 0 Å². The van der Waals surface area contributed by atoms with Crippen LogP contribution in [0.3, 0.4) is 0 Å². The minimum absolute atomic E-state index is 0.207. The van der Waals surface area contributed by atoms with Crippen molar-refractivity contribution in [3.8, 4) is 5.75 Å². The zero-order valence-corrected chi connectivity index (χ0v) is 13.2. The summed E-state index contributed by atoms with van der Waals surface area (Å²) < 4.78 is 51.4. The molecule has 1 fully saturated rings. The van der Waals surface area contributed by atoms with Gasteiger partial charge in [-0.05, 0) is 24.6 Å². The second-order valence-electron chi connectivity index (χ2n) is 5.54. The molecule has 1 atom stereocenters. The van der Waals surface area contributed by atoms with Gasteiger partial charge in [0.25, 0.3) is 5.91 Å². The Morgan fingerprint density at radius 2 is 2.20 bits per heavy atom. The molecule has 2 heterocycles. The highest BCUT2D eigenvalue weighted by atomic mass is 19.4. The van der Waals surface area contributed by atoms with Crippen molar-refractivity contribution in [1.29, 1.82) is 0 Å². The summed E-state index contributed by atoms with van der Waals surface area (Å²) in [7, 11) is 0. The average Bonchev–Trinajstić information content (AvgIpc) is 2.99. The summed E-state index contributed by atoms with van der Waals surface area (Å²) >= 11 is 0. The fraction of sp³-hybridized carbons (Fsp3) is 0.375. The van der Waals surface area contributed by atoms with Crippen molar-refractivity contribution in [1.82, 2.24) is 10.1 Å². The van der Waals surface area contributed by atoms with E-state index in [9.17, 15) is 18.0 Å². The average molecular weight is 356 g/mol. The van der Waals surface area contributed by atoms with Crippen LogP contribution in [0.25, 0.3) is 0 Å². The third-order valence-corrected chi connectivity index (χ3v) is 3.80. The maximum atomic E-state index is 12.5. The number of morpholine rings is 1. The molecular formula is C16H15F3N2O4. The van der Waals surface area contributed by atoms with E-state index in [2.05, 4.69) is 9.89 Å². The predicted octanol–water partition coefficient (Wildman–Crippen LogP) is 3.10. The van der Waals surface area contributed by atoms with Gasteiger partial charge < -0.3 is 18.9 Å². The number of benzene rings is 1. The van der Waals surface area contributed by atoms with Crippen molar-refractivity contribution in [2.45, 2.75) is 19.4 Å². The molecule has 0 bridgehead atoms. The molecule has 0 N–H and O–H groups in total. The van der Waals surface area contributed by atoms with Gasteiger partial charge in [-0.2, -0.15) is 0 Å². The van der Waals surface area contributed by atoms with Gasteiger partial charge in [0, 0.05) is 6.54 Å². The number of halogens is 3. The molecule has 3 rings (SSSR count). The van der Waals surface area contributed by atoms with E-state index >= 15 is 0 Å². The normalized spacial score (nSPS) is 18.2. The molecule has 9 heteroatoms. The molecular weight excluding hydrogens is 341 g/mol. The monoisotopic (exact) mass is 356 g/mol. The summed E-state index contributed by atoms with van der Waals surface area (Å²) in [5, 5.41) is 3.68. The number of carbonyl (C=O) groups is 1. The van der Waals surface area contributed by atoms with Crippen LogP contribution in [0.5, 0.6) is 5.75 Å². The van der Waals surface area contributed by atoms with Gasteiger partial charge in [0.05, 0.1) is 18.8 Å². The van der Waals surface area contributed by atoms with Gasteiger partial charge in [-0.25, -0.2) is 0 Å². The van der Waals surface area contributed by atoms with Gasteiger partial charge in [-0.1, -0.05) is 17.3 Å². The molecule has 1 aliphatic heterocycles. The van der Waals surface area contributed by atoms with Crippen LogP contribution in [0.15, 0.2) is 35.1 Å². The number of carbonyl (C=O) groups excluding carboxylic acids is 1. The van der Waals surface area contributed by atoms with Crippen molar-refractivity contribution in [2.24, 2.45) is 0 Å². The molecule has 6 nitrogen and oxygen atoms in total. The Morgan fingerprint density at radius 1 is 1.40 bits per heavy atom. The van der Waals surface area contributed by atoms with Crippen LogP contribution >= 0.6 is 0 Å². The first-order valence-electron chi connectivity index (χ1n) is 7.51. The lowest BCUT2D eigenvalue weighted by Crippen LogP contribution is -2.42. The summed E-state index contributed by atoms with van der Waals surface area (Å²) in [5.41, 5.74) is 1.34. The van der Waals surface area contributed by atoms with E-state index in [0.29, 0.717) is 23.4 Å². The number of ether oxygens (including phenoxy) is 2. The van der Waals surface area contributed by atoms with Crippen molar-refractivity contribution < 1.29 is 32.0 Å². The summed E-state index contributed by atoms with van der Waals surface area (Å²) in [6.07, 6.45) is -4.03. The Labute approximate surface area is 141 Å². The Kier molecular flexibility index (Phi) is 4.67. The van der Waals surface area contributed by atoms with E-state index in [4.69, 9.17) is 9.26 Å². The third kappa shape index (κ3) is 4.11. The van der Waals surface area contributed by atoms with E-state index in [1.165, 1.54) is 24.5 Å². The summed E-state index contributed by atoms with van der Waals surface area (Å²) in [5.74, 6) is -0.582. The molecule has 134 valence electrons. The van der Waals surface area contributed by atoms with Crippen molar-refractivity contribution in [2.75, 3.05) is 19.7 Å². The van der Waals surface area contributed by atoms with E-state index in [1.54, 1.807) is 17.9 Å². The number of amides is 1. The molecule has 1 aromatic carbocycles. The topological polar surface area (TPSA) is 64.8 Å². The summed E-state index contributed by atoms with van der Waals surface area (Å²) in [4.78, 5) is 14.1. The number of nitrogens with zero attached hydrogens (tertiary/aromatic N) is 2. The second-order valence-corrected chi connectivity index (χ2v) is 5.54. The minimum Gasteiger partial charge on any atom is -0.406 e. The van der Waals surface area contributed by atoms with Crippen molar-refractivity contribution in [3.63, 3.8) is 0 Å². The van der Waals surface area contributed by atoms with Gasteiger partial charge in [-0.3, -0.25) is 4.79 Å². The first kappa shape index (κ1) is 17.3. The standard InChI is InChI=1S/C16H15F3N2O4/c1-10-13(9-24-20-10)15(22)21-5-6-23-14(8-21)11-3-2-4-12(7-11)25-16(17,18)19/h2-4,7,9,14H,5-6,8H2,1H3. The maximum absolute atomic E-state index is 12.5. The molecule has 1 unspecified atom stereocenters. The molecule has 25 heavy (non-hydrogen) atoms. The Bertz CT molecular complexity index is 760. The van der Waals surface area contributed by atoms with E-state index in [0.717, 1.165) is 0 Å². The zero-order valence-electron chi connectivity index (χ0n) is 13.2. The lowest BCUT2D eigenvalue weighted by Gasteiger charge is -2.33. The molecule has 1 saturated heterocycles. The molecule has 0 saturated carbocycles. The van der Waals surface area contributed by atoms with Crippen molar-refractivity contribution in [3.05, 3.63) is 47.3 Å². The first-order chi connectivity index (χ1) is 11.8. The number of hydrogen-bond acceptors (Lipinski definition) is 5. The number of alkyl halides is 3. The zero-order chi connectivity index (χ0) is 18.0. The van der Waals surface area contributed by atoms with Gasteiger partial charge in [0.1, 0.15) is 23.7 Å². The number of aromatic nitrogens is 1. The number of rotatable bonds is 3. The van der Waals surface area contributed by atoms with E-state index < -0.39 is 12.5 Å². The Hall–Kier alpha value is -2.55. The summed E-state index contributed by atoms with van der Waals surface area (Å²) in [6, 6.07) is 5.55. The second kappa shape index (κ2) is 6.75. The maximum Gasteiger partial charge on any atom is 0.573 e. The van der Waals surface area contributed by atoms with Gasteiger partial charge in [0.2, 0.25) is 0 Å². The quantitative estimate of drug-likeness (QED) is 0.846. The van der Waals surface area contributed by atoms with Crippen molar-refractivity contribution >= 4 is 5.91 Å². The number of hydrogen-bond donors (Lipinski definition) is 0. The first-order valence-corrected chi connectivity index (χ1v) is 7.51. The predicted molar refractivity (Wildman–Crippen MR) is 79.0 cm³/mol. The molecule has 2 aromatic rings. The fourth-order valence-corrected chi connectivity index (χ4v) is 2.62. The highest BCUT2D eigenvalue weighted by Gasteiger charge is 2.32. The molecule has 0 spiro atoms. The molecule has 0 aliphatic carbocycles. The molecule has 0 radical (unpaired) electrons. The Morgan fingerprint density at radius 3 is 2.88 bits per heavy atom. The van der Waals surface area contributed by atoms with Gasteiger partial charge in [0.15, 0.2) is 0 Å².